The van der Waals surface area contributed by atoms with Gasteiger partial charge in [0.2, 0.25) is 5.91 Å². The molecular weight excluding hydrogens is 1000 g/mol. The number of hydrogen-bond donors (Lipinski definition) is 9. The maximum absolute atomic E-state index is 13.3. The molecule has 2 aliphatic rings. The summed E-state index contributed by atoms with van der Waals surface area (Å²) in [6.45, 7) is 2.92. The van der Waals surface area contributed by atoms with Crippen molar-refractivity contribution >= 4 is 5.91 Å². The third kappa shape index (κ3) is 36.4. The molecule has 9 N–H and O–H groups in total. The number of aliphatic hydroxyl groups is 8. The smallest absolute Gasteiger partial charge is 0.220 e. The molecule has 0 aromatic carbocycles. The van der Waals surface area contributed by atoms with E-state index in [0.717, 1.165) is 51.4 Å². The third-order valence-electron chi connectivity index (χ3n) is 17.1. The summed E-state index contributed by atoms with van der Waals surface area (Å²) >= 11 is 0. The number of hydrogen-bond acceptors (Lipinski definition) is 13. The largest absolute Gasteiger partial charge is 0.394 e. The van der Waals surface area contributed by atoms with Gasteiger partial charge >= 0.3 is 0 Å². The zero-order valence-corrected chi connectivity index (χ0v) is 50.9. The number of aliphatic hydroxyl groups excluding tert-OH is 8. The average Bonchev–Trinajstić information content (AvgIpc) is 3.46. The van der Waals surface area contributed by atoms with Crippen molar-refractivity contribution in [3.63, 3.8) is 0 Å². The Morgan fingerprint density at radius 2 is 0.722 bits per heavy atom. The maximum Gasteiger partial charge on any atom is 0.220 e. The average molecular weight is 1130 g/mol. The van der Waals surface area contributed by atoms with E-state index in [9.17, 15) is 45.6 Å². The molecule has 14 heteroatoms. The minimum absolute atomic E-state index is 0.198. The minimum atomic E-state index is -1.78. The molecule has 2 rings (SSSR count). The Balaban J connectivity index is 1.67. The second kappa shape index (κ2) is 51.4. The molecule has 470 valence electrons. The van der Waals surface area contributed by atoms with Crippen molar-refractivity contribution in [2.24, 2.45) is 0 Å². The Labute approximate surface area is 483 Å². The number of ether oxygens (including phenoxy) is 4. The molecule has 0 bridgehead atoms. The number of amides is 1. The van der Waals surface area contributed by atoms with E-state index in [4.69, 9.17) is 18.9 Å². The quantitative estimate of drug-likeness (QED) is 0.0259. The number of unbranched alkanes of at least 4 members (excludes halogenated alkanes) is 43. The minimum Gasteiger partial charge on any atom is -0.394 e. The SMILES string of the molecule is CCCCCCCCCCCCCCCCCCCCCCCCCCCCC(=O)NC(COC1OC(CO)C(OC2OC(CO)C(O)C(O)C2O)C(O)C1O)C(O)CCCCCCCCCCCCCCCCCCCCC. The van der Waals surface area contributed by atoms with Crippen LogP contribution in [-0.4, -0.2) is 140 Å². The summed E-state index contributed by atoms with van der Waals surface area (Å²) in [4.78, 5) is 13.3. The number of rotatable bonds is 56. The molecule has 2 heterocycles. The number of carbonyl (C=O) groups is 1. The molecule has 12 atom stereocenters. The molecule has 0 saturated carbocycles. The highest BCUT2D eigenvalue weighted by atomic mass is 16.7. The molecule has 2 fully saturated rings. The second-order valence-electron chi connectivity index (χ2n) is 24.3. The molecule has 12 unspecified atom stereocenters. The predicted octanol–water partition coefficient (Wildman–Crippen LogP) is 12.8. The summed E-state index contributed by atoms with van der Waals surface area (Å²) in [5.74, 6) is -0.198. The van der Waals surface area contributed by atoms with Crippen molar-refractivity contribution in [1.29, 1.82) is 0 Å². The molecule has 2 aliphatic heterocycles. The first-order valence-corrected chi connectivity index (χ1v) is 33.8. The van der Waals surface area contributed by atoms with Gasteiger partial charge in [0.25, 0.3) is 0 Å². The predicted molar refractivity (Wildman–Crippen MR) is 319 cm³/mol. The van der Waals surface area contributed by atoms with Crippen LogP contribution in [0.15, 0.2) is 0 Å². The van der Waals surface area contributed by atoms with Gasteiger partial charge in [-0.05, 0) is 12.8 Å². The number of nitrogens with one attached hydrogen (secondary N) is 1. The van der Waals surface area contributed by atoms with Crippen LogP contribution >= 0.6 is 0 Å². The molecule has 14 nitrogen and oxygen atoms in total. The topological polar surface area (TPSA) is 228 Å². The van der Waals surface area contributed by atoms with Gasteiger partial charge in [-0.15, -0.1) is 0 Å². The fourth-order valence-electron chi connectivity index (χ4n) is 11.7. The van der Waals surface area contributed by atoms with Gasteiger partial charge in [-0.2, -0.15) is 0 Å². The van der Waals surface area contributed by atoms with E-state index in [1.165, 1.54) is 238 Å². The van der Waals surface area contributed by atoms with E-state index in [2.05, 4.69) is 19.2 Å². The van der Waals surface area contributed by atoms with Crippen LogP contribution in [0.25, 0.3) is 0 Å². The zero-order valence-electron chi connectivity index (χ0n) is 50.9. The Bertz CT molecular complexity index is 1330. The van der Waals surface area contributed by atoms with Gasteiger partial charge in [-0.25, -0.2) is 0 Å². The Kier molecular flexibility index (Phi) is 48.2. The summed E-state index contributed by atoms with van der Waals surface area (Å²) in [7, 11) is 0. The maximum atomic E-state index is 13.3. The highest BCUT2D eigenvalue weighted by molar-refractivity contribution is 5.76. The van der Waals surface area contributed by atoms with Crippen LogP contribution in [0.5, 0.6) is 0 Å². The Morgan fingerprint density at radius 1 is 0.405 bits per heavy atom. The lowest BCUT2D eigenvalue weighted by molar-refractivity contribution is -0.359. The lowest BCUT2D eigenvalue weighted by atomic mass is 9.97. The first-order chi connectivity index (χ1) is 38.6. The van der Waals surface area contributed by atoms with Crippen LogP contribution in [0.1, 0.15) is 316 Å². The molecule has 79 heavy (non-hydrogen) atoms. The van der Waals surface area contributed by atoms with Gasteiger partial charge in [0.15, 0.2) is 12.6 Å². The molecule has 1 amide bonds. The van der Waals surface area contributed by atoms with Crippen LogP contribution in [0.3, 0.4) is 0 Å². The monoisotopic (exact) mass is 1130 g/mol. The van der Waals surface area contributed by atoms with Crippen molar-refractivity contribution in [1.82, 2.24) is 5.32 Å². The van der Waals surface area contributed by atoms with Crippen molar-refractivity contribution in [2.75, 3.05) is 19.8 Å². The normalized spacial score (nSPS) is 24.3. The van der Waals surface area contributed by atoms with Crippen molar-refractivity contribution < 1.29 is 64.6 Å². The number of carbonyl (C=O) groups excluding carboxylic acids is 1. The van der Waals surface area contributed by atoms with Crippen LogP contribution in [0, 0.1) is 0 Å². The molecule has 0 radical (unpaired) electrons. The van der Waals surface area contributed by atoms with Gasteiger partial charge < -0.3 is 65.1 Å². The van der Waals surface area contributed by atoms with E-state index in [0.29, 0.717) is 12.8 Å². The summed E-state index contributed by atoms with van der Waals surface area (Å²) in [5.41, 5.74) is 0. The summed E-state index contributed by atoms with van der Waals surface area (Å²) in [6, 6.07) is -0.823. The lowest BCUT2D eigenvalue weighted by Gasteiger charge is -2.46. The second-order valence-corrected chi connectivity index (χ2v) is 24.3. The van der Waals surface area contributed by atoms with Gasteiger partial charge in [-0.3, -0.25) is 4.79 Å². The van der Waals surface area contributed by atoms with Crippen molar-refractivity contribution in [2.45, 2.75) is 389 Å². The summed E-state index contributed by atoms with van der Waals surface area (Å²) < 4.78 is 22.9. The fraction of sp³-hybridized carbons (Fsp3) is 0.985. The molecular formula is C65H127NO13. The van der Waals surface area contributed by atoms with Crippen LogP contribution in [0.2, 0.25) is 0 Å². The highest BCUT2D eigenvalue weighted by Crippen LogP contribution is 2.30. The van der Waals surface area contributed by atoms with Crippen molar-refractivity contribution in [3.05, 3.63) is 0 Å². The Hall–Kier alpha value is -1.01. The van der Waals surface area contributed by atoms with Crippen LogP contribution in [-0.2, 0) is 23.7 Å². The molecule has 2 saturated heterocycles. The zero-order chi connectivity index (χ0) is 57.4. The highest BCUT2D eigenvalue weighted by Gasteiger charge is 2.51. The van der Waals surface area contributed by atoms with E-state index in [1.807, 2.05) is 0 Å². The van der Waals surface area contributed by atoms with Gasteiger partial charge in [0.05, 0.1) is 32.0 Å². The van der Waals surface area contributed by atoms with Crippen molar-refractivity contribution in [3.8, 4) is 0 Å². The van der Waals surface area contributed by atoms with Gasteiger partial charge in [0.1, 0.15) is 48.8 Å². The fourth-order valence-corrected chi connectivity index (χ4v) is 11.7. The first-order valence-electron chi connectivity index (χ1n) is 33.8. The van der Waals surface area contributed by atoms with Crippen LogP contribution < -0.4 is 5.32 Å². The molecule has 0 aromatic rings. The standard InChI is InChI=1S/C65H127NO13/c1-3-5-7-9-11-13-15-17-19-21-23-24-25-26-27-28-29-31-33-35-37-39-41-43-45-47-49-57(70)66-53(54(69)48-46-44-42-40-38-36-34-32-30-22-20-18-16-14-12-10-8-6-4-2)52-76-64-62(75)60(73)63(56(51-68)78-64)79-65-61(74)59(72)58(71)55(50-67)77-65/h53-56,58-65,67-69,71-75H,3-52H2,1-2H3,(H,66,70). The molecule has 0 aliphatic carbocycles. The third-order valence-corrected chi connectivity index (χ3v) is 17.1. The first kappa shape index (κ1) is 74.1. The lowest BCUT2D eigenvalue weighted by Crippen LogP contribution is -2.65. The van der Waals surface area contributed by atoms with Crippen LogP contribution in [0.4, 0.5) is 0 Å². The molecule has 0 aromatic heterocycles. The summed E-state index contributed by atoms with van der Waals surface area (Å²) in [5, 5.41) is 87.5. The van der Waals surface area contributed by atoms with E-state index < -0.39 is 86.8 Å². The van der Waals surface area contributed by atoms with Gasteiger partial charge in [0, 0.05) is 6.42 Å². The summed E-state index contributed by atoms with van der Waals surface area (Å²) in [6.07, 6.45) is 42.5. The van der Waals surface area contributed by atoms with E-state index >= 15 is 0 Å². The molecule has 0 spiro atoms. The van der Waals surface area contributed by atoms with E-state index in [1.54, 1.807) is 0 Å². The Morgan fingerprint density at radius 3 is 1.08 bits per heavy atom. The van der Waals surface area contributed by atoms with Gasteiger partial charge in [-0.1, -0.05) is 296 Å². The van der Waals surface area contributed by atoms with E-state index in [-0.39, 0.29) is 12.5 Å².